The Hall–Kier alpha value is -3.49. The number of hydrogen-bond donors (Lipinski definition) is 1. The molecule has 0 aliphatic rings. The Morgan fingerprint density at radius 3 is 2.07 bits per heavy atom. The van der Waals surface area contributed by atoms with E-state index in [0.29, 0.717) is 12.6 Å². The van der Waals surface area contributed by atoms with E-state index in [4.69, 9.17) is 4.74 Å². The highest BCUT2D eigenvalue weighted by molar-refractivity contribution is 5.68. The monoisotopic (exact) mass is 404 g/mol. The number of halogens is 3. The number of carbonyl (C=O) groups is 1. The largest absolute Gasteiger partial charge is 0.456 e. The molecule has 3 rings (SSSR count). The first-order chi connectivity index (χ1) is 13.7. The van der Waals surface area contributed by atoms with Crippen molar-refractivity contribution in [1.82, 2.24) is 15.0 Å². The molecule has 3 aromatic rings. The van der Waals surface area contributed by atoms with Crippen LogP contribution in [0.5, 0.6) is 11.5 Å². The highest BCUT2D eigenvalue weighted by Gasteiger charge is 2.30. The number of nitrogens with one attached hydrogen (secondary N) is 1. The smallest absolute Gasteiger partial charge is 0.417 e. The van der Waals surface area contributed by atoms with E-state index in [-0.39, 0.29) is 5.82 Å². The summed E-state index contributed by atoms with van der Waals surface area (Å²) in [6, 6.07) is 9.58. The number of alkyl halides is 3. The lowest BCUT2D eigenvalue weighted by Crippen LogP contribution is -2.06. The fourth-order valence-corrected chi connectivity index (χ4v) is 2.21. The number of anilines is 1. The van der Waals surface area contributed by atoms with Gasteiger partial charge in [-0.25, -0.2) is 4.98 Å². The van der Waals surface area contributed by atoms with Crippen molar-refractivity contribution in [2.75, 3.05) is 5.32 Å². The van der Waals surface area contributed by atoms with Gasteiger partial charge in [0.25, 0.3) is 0 Å². The van der Waals surface area contributed by atoms with Crippen LogP contribution in [0, 0.1) is 20.8 Å². The third kappa shape index (κ3) is 7.21. The van der Waals surface area contributed by atoms with E-state index in [1.807, 2.05) is 45.0 Å². The molecule has 9 heteroatoms. The Labute approximate surface area is 165 Å². The Kier molecular flexibility index (Phi) is 7.24. The number of hydrogen-bond acceptors (Lipinski definition) is 5. The summed E-state index contributed by atoms with van der Waals surface area (Å²) >= 11 is 0. The van der Waals surface area contributed by atoms with Crippen LogP contribution in [-0.4, -0.2) is 21.4 Å². The maximum absolute atomic E-state index is 12.0. The molecule has 3 heterocycles. The third-order valence-corrected chi connectivity index (χ3v) is 3.47. The third-order valence-electron chi connectivity index (χ3n) is 3.47. The van der Waals surface area contributed by atoms with Gasteiger partial charge >= 0.3 is 6.18 Å². The normalized spacial score (nSPS) is 10.6. The second kappa shape index (κ2) is 9.63. The Morgan fingerprint density at radius 1 is 0.897 bits per heavy atom. The number of rotatable bonds is 4. The summed E-state index contributed by atoms with van der Waals surface area (Å²) in [5, 5.41) is 2.13. The van der Waals surface area contributed by atoms with E-state index < -0.39 is 11.7 Å². The van der Waals surface area contributed by atoms with Crippen LogP contribution >= 0.6 is 0 Å². The molecular formula is C20H19F3N4O2. The number of ether oxygens (including phenoxy) is 1. The minimum Gasteiger partial charge on any atom is -0.456 e. The van der Waals surface area contributed by atoms with E-state index in [9.17, 15) is 18.0 Å². The summed E-state index contributed by atoms with van der Waals surface area (Å²) < 4.78 is 41.6. The predicted molar refractivity (Wildman–Crippen MR) is 102 cm³/mol. The predicted octanol–water partition coefficient (Wildman–Crippen LogP) is 4.86. The van der Waals surface area contributed by atoms with Crippen LogP contribution in [0.2, 0.25) is 0 Å². The average Bonchev–Trinajstić information content (AvgIpc) is 2.63. The van der Waals surface area contributed by atoms with Gasteiger partial charge in [-0.05, 0) is 45.0 Å². The van der Waals surface area contributed by atoms with Gasteiger partial charge in [-0.1, -0.05) is 0 Å². The molecule has 29 heavy (non-hydrogen) atoms. The highest BCUT2D eigenvalue weighted by atomic mass is 19.4. The number of pyridine rings is 3. The van der Waals surface area contributed by atoms with Crippen LogP contribution in [0.3, 0.4) is 0 Å². The molecule has 0 aliphatic carbocycles. The van der Waals surface area contributed by atoms with Crippen molar-refractivity contribution in [3.8, 4) is 11.5 Å². The number of aryl methyl sites for hydroxylation is 3. The first-order valence-electron chi connectivity index (χ1n) is 8.46. The van der Waals surface area contributed by atoms with Crippen molar-refractivity contribution >= 4 is 12.2 Å². The summed E-state index contributed by atoms with van der Waals surface area (Å²) in [6.07, 6.45) is -1.67. The molecule has 0 bridgehead atoms. The fourth-order valence-electron chi connectivity index (χ4n) is 2.21. The van der Waals surface area contributed by atoms with E-state index in [1.54, 1.807) is 6.20 Å². The lowest BCUT2D eigenvalue weighted by atomic mass is 10.3. The average molecular weight is 404 g/mol. The van der Waals surface area contributed by atoms with Gasteiger partial charge in [0.1, 0.15) is 17.3 Å². The Bertz CT molecular complexity index is 923. The molecule has 0 atom stereocenters. The summed E-state index contributed by atoms with van der Waals surface area (Å²) in [5.41, 5.74) is 2.04. The molecule has 0 spiro atoms. The fraction of sp³-hybridized carbons (Fsp3) is 0.200. The topological polar surface area (TPSA) is 77.0 Å². The van der Waals surface area contributed by atoms with E-state index >= 15 is 0 Å². The summed E-state index contributed by atoms with van der Waals surface area (Å²) in [5.74, 6) is 1.63. The zero-order valence-corrected chi connectivity index (χ0v) is 16.0. The van der Waals surface area contributed by atoms with Gasteiger partial charge in [-0.3, -0.25) is 14.8 Å². The van der Waals surface area contributed by atoms with Gasteiger partial charge in [-0.2, -0.15) is 13.2 Å². The van der Waals surface area contributed by atoms with Gasteiger partial charge in [0, 0.05) is 35.4 Å². The maximum atomic E-state index is 12.0. The maximum Gasteiger partial charge on any atom is 0.417 e. The number of amides is 1. The van der Waals surface area contributed by atoms with Crippen LogP contribution in [0.25, 0.3) is 0 Å². The van der Waals surface area contributed by atoms with Gasteiger partial charge in [0.05, 0.1) is 11.8 Å². The second-order valence-electron chi connectivity index (χ2n) is 6.02. The van der Waals surface area contributed by atoms with Crippen molar-refractivity contribution in [3.63, 3.8) is 0 Å². The van der Waals surface area contributed by atoms with Crippen molar-refractivity contribution in [3.05, 3.63) is 71.4 Å². The van der Waals surface area contributed by atoms with Gasteiger partial charge < -0.3 is 10.1 Å². The van der Waals surface area contributed by atoms with Crippen LogP contribution < -0.4 is 10.1 Å². The molecule has 0 aromatic carbocycles. The lowest BCUT2D eigenvalue weighted by molar-refractivity contribution is -0.137. The van der Waals surface area contributed by atoms with E-state index in [0.717, 1.165) is 40.7 Å². The molecule has 1 N–H and O–H groups in total. The Balaban J connectivity index is 0.000000212. The molecule has 0 radical (unpaired) electrons. The molecule has 0 fully saturated rings. The van der Waals surface area contributed by atoms with Gasteiger partial charge in [0.15, 0.2) is 0 Å². The summed E-state index contributed by atoms with van der Waals surface area (Å²) in [6.45, 7) is 5.85. The van der Waals surface area contributed by atoms with Crippen molar-refractivity contribution in [2.24, 2.45) is 0 Å². The van der Waals surface area contributed by atoms with Crippen LogP contribution in [0.15, 0.2) is 48.8 Å². The Morgan fingerprint density at radius 2 is 1.59 bits per heavy atom. The number of aromatic nitrogens is 3. The van der Waals surface area contributed by atoms with Crippen molar-refractivity contribution in [1.29, 1.82) is 0 Å². The minimum atomic E-state index is -4.40. The SMILES string of the molecule is Cc1ccc(Oc2cc(C)nc(C)c2)cn1.O=CNc1ccc(C(F)(F)F)cn1. The molecule has 0 saturated carbocycles. The highest BCUT2D eigenvalue weighted by Crippen LogP contribution is 2.28. The van der Waals surface area contributed by atoms with Gasteiger partial charge in [0.2, 0.25) is 6.41 Å². The molecule has 0 unspecified atom stereocenters. The van der Waals surface area contributed by atoms with Gasteiger partial charge in [-0.15, -0.1) is 0 Å². The van der Waals surface area contributed by atoms with Crippen LogP contribution in [0.4, 0.5) is 19.0 Å². The first-order valence-corrected chi connectivity index (χ1v) is 8.46. The lowest BCUT2D eigenvalue weighted by Gasteiger charge is -2.06. The zero-order chi connectivity index (χ0) is 21.4. The second-order valence-corrected chi connectivity index (χ2v) is 6.02. The molecule has 0 aliphatic heterocycles. The first kappa shape index (κ1) is 21.8. The van der Waals surface area contributed by atoms with Crippen molar-refractivity contribution in [2.45, 2.75) is 26.9 Å². The molecule has 0 saturated heterocycles. The van der Waals surface area contributed by atoms with Crippen LogP contribution in [0.1, 0.15) is 22.6 Å². The molecule has 3 aromatic heterocycles. The summed E-state index contributed by atoms with van der Waals surface area (Å²) in [4.78, 5) is 21.7. The van der Waals surface area contributed by atoms with E-state index in [2.05, 4.69) is 20.3 Å². The molecule has 6 nitrogen and oxygen atoms in total. The standard InChI is InChI=1S/C13H14N2O.C7H5F3N2O/c1-9-4-5-12(8-14-9)16-13-6-10(2)15-11(3)7-13;8-7(9,10)5-1-2-6(11-3-5)12-4-13/h4-8H,1-3H3;1-4H,(H,11,12,13). The van der Waals surface area contributed by atoms with Crippen molar-refractivity contribution < 1.29 is 22.7 Å². The molecule has 1 amide bonds. The quantitative estimate of drug-likeness (QED) is 0.628. The summed E-state index contributed by atoms with van der Waals surface area (Å²) in [7, 11) is 0. The number of carbonyl (C=O) groups excluding carboxylic acids is 1. The minimum absolute atomic E-state index is 0.0861. The zero-order valence-electron chi connectivity index (χ0n) is 16.0. The van der Waals surface area contributed by atoms with Crippen LogP contribution in [-0.2, 0) is 11.0 Å². The molecule has 152 valence electrons. The van der Waals surface area contributed by atoms with E-state index in [1.165, 1.54) is 0 Å². The molecular weight excluding hydrogens is 385 g/mol. The number of nitrogens with zero attached hydrogens (tertiary/aromatic N) is 3.